The normalized spacial score (nSPS) is 10.5. The van der Waals surface area contributed by atoms with E-state index in [1.165, 1.54) is 11.8 Å². The molecular weight excluding hydrogens is 236 g/mol. The standard InChI is InChI=1S/C8H7ClN4OS/c1-4-12-13-8(14-4)15-7-3-5(10)2-6(9)11-7/h2-3H,1H3,(H2,10,11). The molecule has 2 aromatic heterocycles. The van der Waals surface area contributed by atoms with Crippen molar-refractivity contribution in [1.82, 2.24) is 15.2 Å². The second-order valence-corrected chi connectivity index (χ2v) is 4.11. The third-order valence-corrected chi connectivity index (χ3v) is 2.44. The highest BCUT2D eigenvalue weighted by molar-refractivity contribution is 7.99. The summed E-state index contributed by atoms with van der Waals surface area (Å²) in [5.41, 5.74) is 6.16. The summed E-state index contributed by atoms with van der Waals surface area (Å²) >= 11 is 6.97. The fourth-order valence-electron chi connectivity index (χ4n) is 0.953. The molecular formula is C8H7ClN4OS. The van der Waals surface area contributed by atoms with Gasteiger partial charge in [-0.15, -0.1) is 10.2 Å². The number of hydrogen-bond acceptors (Lipinski definition) is 6. The number of anilines is 1. The molecule has 2 N–H and O–H groups in total. The third-order valence-electron chi connectivity index (χ3n) is 1.49. The smallest absolute Gasteiger partial charge is 0.282 e. The Kier molecular flexibility index (Phi) is 2.79. The van der Waals surface area contributed by atoms with Crippen LogP contribution >= 0.6 is 23.4 Å². The lowest BCUT2D eigenvalue weighted by molar-refractivity contribution is 0.429. The van der Waals surface area contributed by atoms with Crippen LogP contribution < -0.4 is 5.73 Å². The molecule has 78 valence electrons. The van der Waals surface area contributed by atoms with E-state index < -0.39 is 0 Å². The highest BCUT2D eigenvalue weighted by Gasteiger charge is 2.07. The summed E-state index contributed by atoms with van der Waals surface area (Å²) in [6, 6.07) is 3.26. The van der Waals surface area contributed by atoms with Crippen molar-refractivity contribution in [2.24, 2.45) is 0 Å². The molecule has 0 bridgehead atoms. The average molecular weight is 243 g/mol. The lowest BCUT2D eigenvalue weighted by atomic mass is 10.4. The Bertz CT molecular complexity index is 467. The minimum absolute atomic E-state index is 0.341. The Morgan fingerprint density at radius 2 is 2.20 bits per heavy atom. The Morgan fingerprint density at radius 3 is 2.80 bits per heavy atom. The van der Waals surface area contributed by atoms with Crippen LogP contribution in [0.2, 0.25) is 5.15 Å². The van der Waals surface area contributed by atoms with Crippen LogP contribution in [0.4, 0.5) is 5.69 Å². The molecule has 2 heterocycles. The van der Waals surface area contributed by atoms with Gasteiger partial charge in [0, 0.05) is 12.6 Å². The number of rotatable bonds is 2. The van der Waals surface area contributed by atoms with Crippen molar-refractivity contribution in [3.8, 4) is 0 Å². The number of aromatic nitrogens is 3. The van der Waals surface area contributed by atoms with Crippen molar-refractivity contribution in [2.45, 2.75) is 17.2 Å². The molecule has 0 saturated carbocycles. The lowest BCUT2D eigenvalue weighted by Crippen LogP contribution is -1.88. The zero-order chi connectivity index (χ0) is 10.8. The average Bonchev–Trinajstić information content (AvgIpc) is 2.49. The first kappa shape index (κ1) is 10.3. The first-order valence-corrected chi connectivity index (χ1v) is 5.24. The van der Waals surface area contributed by atoms with Crippen molar-refractivity contribution in [1.29, 1.82) is 0 Å². The van der Waals surface area contributed by atoms with Gasteiger partial charge in [-0.2, -0.15) is 0 Å². The highest BCUT2D eigenvalue weighted by Crippen LogP contribution is 2.27. The molecule has 0 spiro atoms. The number of aryl methyl sites for hydroxylation is 1. The first-order valence-electron chi connectivity index (χ1n) is 4.04. The van der Waals surface area contributed by atoms with Gasteiger partial charge in [0.2, 0.25) is 5.89 Å². The van der Waals surface area contributed by atoms with Crippen LogP contribution in [0.15, 0.2) is 26.8 Å². The van der Waals surface area contributed by atoms with E-state index in [0.29, 0.717) is 27.0 Å². The Hall–Kier alpha value is -1.27. The lowest BCUT2D eigenvalue weighted by Gasteiger charge is -1.98. The molecule has 5 nitrogen and oxygen atoms in total. The number of pyridine rings is 1. The zero-order valence-corrected chi connectivity index (χ0v) is 9.34. The quantitative estimate of drug-likeness (QED) is 0.813. The third kappa shape index (κ3) is 2.60. The molecule has 0 aliphatic heterocycles. The second-order valence-electron chi connectivity index (χ2n) is 2.75. The van der Waals surface area contributed by atoms with Crippen LogP contribution in [-0.2, 0) is 0 Å². The molecule has 0 atom stereocenters. The van der Waals surface area contributed by atoms with Crippen molar-refractivity contribution in [2.75, 3.05) is 5.73 Å². The molecule has 0 aromatic carbocycles. The number of nitrogens with two attached hydrogens (primary N) is 1. The number of nitrogen functional groups attached to an aromatic ring is 1. The van der Waals surface area contributed by atoms with Crippen LogP contribution in [0.5, 0.6) is 0 Å². The van der Waals surface area contributed by atoms with Gasteiger partial charge in [0.05, 0.1) is 0 Å². The summed E-state index contributed by atoms with van der Waals surface area (Å²) in [6.45, 7) is 1.72. The first-order chi connectivity index (χ1) is 7.13. The molecule has 0 fully saturated rings. The predicted octanol–water partition coefficient (Wildman–Crippen LogP) is 2.16. The Balaban J connectivity index is 2.24. The largest absolute Gasteiger partial charge is 0.416 e. The summed E-state index contributed by atoms with van der Waals surface area (Å²) in [5.74, 6) is 0.507. The number of nitrogens with zero attached hydrogens (tertiary/aromatic N) is 3. The maximum Gasteiger partial charge on any atom is 0.282 e. The van der Waals surface area contributed by atoms with Gasteiger partial charge >= 0.3 is 0 Å². The molecule has 0 aliphatic carbocycles. The van der Waals surface area contributed by atoms with Gasteiger partial charge in [-0.1, -0.05) is 11.6 Å². The number of hydrogen-bond donors (Lipinski definition) is 1. The van der Waals surface area contributed by atoms with E-state index >= 15 is 0 Å². The summed E-state index contributed by atoms with van der Waals surface area (Å²) in [4.78, 5) is 4.06. The van der Waals surface area contributed by atoms with Crippen molar-refractivity contribution in [3.63, 3.8) is 0 Å². The highest BCUT2D eigenvalue weighted by atomic mass is 35.5. The maximum atomic E-state index is 5.75. The fraction of sp³-hybridized carbons (Fsp3) is 0.125. The van der Waals surface area contributed by atoms with E-state index in [9.17, 15) is 0 Å². The molecule has 0 aliphatic rings. The topological polar surface area (TPSA) is 77.8 Å². The van der Waals surface area contributed by atoms with E-state index in [-0.39, 0.29) is 0 Å². The summed E-state index contributed by atoms with van der Waals surface area (Å²) < 4.78 is 5.18. The minimum atomic E-state index is 0.341. The van der Waals surface area contributed by atoms with Crippen molar-refractivity contribution < 1.29 is 4.42 Å². The van der Waals surface area contributed by atoms with Gasteiger partial charge in [0.1, 0.15) is 10.2 Å². The van der Waals surface area contributed by atoms with E-state index in [1.807, 2.05) is 0 Å². The molecule has 0 unspecified atom stereocenters. The Morgan fingerprint density at radius 1 is 1.40 bits per heavy atom. The summed E-state index contributed by atoms with van der Waals surface area (Å²) in [6.07, 6.45) is 0. The fourth-order valence-corrected chi connectivity index (χ4v) is 1.98. The van der Waals surface area contributed by atoms with Gasteiger partial charge in [0.25, 0.3) is 5.22 Å². The maximum absolute atomic E-state index is 5.75. The van der Waals surface area contributed by atoms with Gasteiger partial charge in [-0.05, 0) is 23.9 Å². The molecule has 2 aromatic rings. The van der Waals surface area contributed by atoms with E-state index in [0.717, 1.165) is 0 Å². The van der Waals surface area contributed by atoms with Crippen LogP contribution in [0, 0.1) is 6.92 Å². The van der Waals surface area contributed by atoms with Gasteiger partial charge in [-0.3, -0.25) is 0 Å². The zero-order valence-electron chi connectivity index (χ0n) is 7.77. The van der Waals surface area contributed by atoms with E-state index in [4.69, 9.17) is 21.8 Å². The minimum Gasteiger partial charge on any atom is -0.416 e. The van der Waals surface area contributed by atoms with Crippen LogP contribution in [0.1, 0.15) is 5.89 Å². The molecule has 7 heteroatoms. The summed E-state index contributed by atoms with van der Waals surface area (Å²) in [7, 11) is 0. The monoisotopic (exact) mass is 242 g/mol. The van der Waals surface area contributed by atoms with Crippen molar-refractivity contribution in [3.05, 3.63) is 23.2 Å². The molecule has 15 heavy (non-hydrogen) atoms. The van der Waals surface area contributed by atoms with Crippen LogP contribution in [-0.4, -0.2) is 15.2 Å². The Labute approximate surface area is 95.0 Å². The molecule has 2 rings (SSSR count). The van der Waals surface area contributed by atoms with Crippen LogP contribution in [0.3, 0.4) is 0 Å². The molecule has 0 saturated heterocycles. The molecule has 0 radical (unpaired) electrons. The SMILES string of the molecule is Cc1nnc(Sc2cc(N)cc(Cl)n2)o1. The van der Waals surface area contributed by atoms with E-state index in [1.54, 1.807) is 19.1 Å². The van der Waals surface area contributed by atoms with Gasteiger partial charge in [0.15, 0.2) is 0 Å². The van der Waals surface area contributed by atoms with Crippen LogP contribution in [0.25, 0.3) is 0 Å². The van der Waals surface area contributed by atoms with Gasteiger partial charge in [-0.25, -0.2) is 4.98 Å². The van der Waals surface area contributed by atoms with Gasteiger partial charge < -0.3 is 10.2 Å². The summed E-state index contributed by atoms with van der Waals surface area (Å²) in [5, 5.41) is 8.91. The number of halogens is 1. The second kappa shape index (κ2) is 4.08. The van der Waals surface area contributed by atoms with E-state index in [2.05, 4.69) is 15.2 Å². The van der Waals surface area contributed by atoms with Crippen molar-refractivity contribution >= 4 is 29.1 Å². The molecule has 0 amide bonds. The predicted molar refractivity (Wildman–Crippen MR) is 56.8 cm³/mol.